The molecule has 0 bridgehead atoms. The lowest BCUT2D eigenvalue weighted by molar-refractivity contribution is -0.136. The van der Waals surface area contributed by atoms with E-state index in [4.69, 9.17) is 9.47 Å². The Balaban J connectivity index is 3.13. The van der Waals surface area contributed by atoms with Crippen LogP contribution in [0.5, 0.6) is 0 Å². The molecule has 0 saturated heterocycles. The van der Waals surface area contributed by atoms with Crippen molar-refractivity contribution in [2.24, 2.45) is 5.92 Å². The number of carbonyl (C=O) groups is 2. The Hall–Kier alpha value is -1.51. The standard InChI is InChI=1S/C26H46N2O5S/c1-6-9-11-12-15-28(24(30)14-10-7-2)22(20(4)5)18-23(33-17-13-16-29)25-27-21(19-34-25)26(31)32-8-3/h19-20,22-23,29H,6-18H2,1-5H3. The molecule has 2 atom stereocenters. The van der Waals surface area contributed by atoms with Crippen molar-refractivity contribution in [1.29, 1.82) is 0 Å². The summed E-state index contributed by atoms with van der Waals surface area (Å²) in [6.45, 7) is 11.8. The molecule has 196 valence electrons. The van der Waals surface area contributed by atoms with Crippen LogP contribution in [0.25, 0.3) is 0 Å². The summed E-state index contributed by atoms with van der Waals surface area (Å²) in [6, 6.07) is 0.0000486. The molecule has 1 aromatic rings. The Labute approximate surface area is 210 Å². The van der Waals surface area contributed by atoms with Crippen molar-refractivity contribution in [3.05, 3.63) is 16.1 Å². The maximum atomic E-state index is 13.2. The fraction of sp³-hybridized carbons (Fsp3) is 0.808. The topological polar surface area (TPSA) is 89.0 Å². The van der Waals surface area contributed by atoms with E-state index in [0.717, 1.165) is 38.6 Å². The molecular weight excluding hydrogens is 452 g/mol. The van der Waals surface area contributed by atoms with Gasteiger partial charge in [-0.2, -0.15) is 0 Å². The number of nitrogens with zero attached hydrogens (tertiary/aromatic N) is 2. The van der Waals surface area contributed by atoms with Gasteiger partial charge in [0.2, 0.25) is 5.91 Å². The summed E-state index contributed by atoms with van der Waals surface area (Å²) in [6.07, 6.45) is 7.65. The van der Waals surface area contributed by atoms with Crippen molar-refractivity contribution >= 4 is 23.2 Å². The lowest BCUT2D eigenvalue weighted by Gasteiger charge is -2.37. The number of ether oxygens (including phenoxy) is 2. The zero-order valence-corrected chi connectivity index (χ0v) is 22.7. The second-order valence-electron chi connectivity index (χ2n) is 9.03. The number of aliphatic hydroxyl groups is 1. The Bertz CT molecular complexity index is 694. The van der Waals surface area contributed by atoms with E-state index in [1.165, 1.54) is 17.8 Å². The van der Waals surface area contributed by atoms with E-state index in [2.05, 4.69) is 37.6 Å². The number of carbonyl (C=O) groups excluding carboxylic acids is 2. The van der Waals surface area contributed by atoms with E-state index in [0.29, 0.717) is 37.5 Å². The molecule has 0 fully saturated rings. The quantitative estimate of drug-likeness (QED) is 0.192. The number of thiazole rings is 1. The minimum absolute atomic E-state index is 0.0000486. The Morgan fingerprint density at radius 2 is 1.82 bits per heavy atom. The number of esters is 1. The van der Waals surface area contributed by atoms with Crippen LogP contribution >= 0.6 is 11.3 Å². The van der Waals surface area contributed by atoms with Gasteiger partial charge in [0.25, 0.3) is 0 Å². The summed E-state index contributed by atoms with van der Waals surface area (Å²) in [7, 11) is 0. The van der Waals surface area contributed by atoms with Gasteiger partial charge in [0.05, 0.1) is 6.61 Å². The molecule has 7 nitrogen and oxygen atoms in total. The van der Waals surface area contributed by atoms with Crippen LogP contribution in [0.1, 0.15) is 114 Å². The van der Waals surface area contributed by atoms with Gasteiger partial charge < -0.3 is 19.5 Å². The monoisotopic (exact) mass is 498 g/mol. The fourth-order valence-electron chi connectivity index (χ4n) is 3.90. The molecule has 1 heterocycles. The molecule has 0 spiro atoms. The van der Waals surface area contributed by atoms with Gasteiger partial charge in [-0.25, -0.2) is 9.78 Å². The number of aliphatic hydroxyl groups excluding tert-OH is 1. The smallest absolute Gasteiger partial charge is 0.357 e. The Morgan fingerprint density at radius 3 is 2.44 bits per heavy atom. The minimum atomic E-state index is -0.438. The molecule has 1 N–H and O–H groups in total. The van der Waals surface area contributed by atoms with Gasteiger partial charge in [0.15, 0.2) is 5.69 Å². The van der Waals surface area contributed by atoms with E-state index in [-0.39, 0.29) is 36.3 Å². The lowest BCUT2D eigenvalue weighted by atomic mass is 9.95. The number of aromatic nitrogens is 1. The third-order valence-corrected chi connectivity index (χ3v) is 6.78. The van der Waals surface area contributed by atoms with Gasteiger partial charge in [0.1, 0.15) is 11.1 Å². The molecule has 0 radical (unpaired) electrons. The molecule has 2 unspecified atom stereocenters. The number of hydrogen-bond acceptors (Lipinski definition) is 7. The predicted molar refractivity (Wildman–Crippen MR) is 137 cm³/mol. The Morgan fingerprint density at radius 1 is 1.09 bits per heavy atom. The Kier molecular flexibility index (Phi) is 16.0. The molecule has 0 aromatic carbocycles. The second kappa shape index (κ2) is 17.9. The van der Waals surface area contributed by atoms with Crippen molar-refractivity contribution in [1.82, 2.24) is 9.88 Å². The van der Waals surface area contributed by atoms with Crippen LogP contribution in [0.15, 0.2) is 5.38 Å². The zero-order valence-electron chi connectivity index (χ0n) is 21.9. The first-order valence-corrected chi connectivity index (χ1v) is 13.9. The van der Waals surface area contributed by atoms with Crippen molar-refractivity contribution < 1.29 is 24.2 Å². The fourth-order valence-corrected chi connectivity index (χ4v) is 4.75. The number of rotatable bonds is 19. The summed E-state index contributed by atoms with van der Waals surface area (Å²) in [4.78, 5) is 32.0. The van der Waals surface area contributed by atoms with E-state index in [1.54, 1.807) is 12.3 Å². The first kappa shape index (κ1) is 30.5. The van der Waals surface area contributed by atoms with Gasteiger partial charge >= 0.3 is 5.97 Å². The van der Waals surface area contributed by atoms with E-state index >= 15 is 0 Å². The van der Waals surface area contributed by atoms with Crippen molar-refractivity contribution in [3.63, 3.8) is 0 Å². The van der Waals surface area contributed by atoms with E-state index in [9.17, 15) is 14.7 Å². The first-order chi connectivity index (χ1) is 16.4. The molecular formula is C26H46N2O5S. The molecule has 1 aromatic heterocycles. The van der Waals surface area contributed by atoms with Crippen LogP contribution in [0.2, 0.25) is 0 Å². The average Bonchev–Trinajstić information content (AvgIpc) is 3.31. The van der Waals surface area contributed by atoms with Crippen LogP contribution in [0, 0.1) is 5.92 Å². The third kappa shape index (κ3) is 10.8. The van der Waals surface area contributed by atoms with Crippen LogP contribution in [0.3, 0.4) is 0 Å². The maximum Gasteiger partial charge on any atom is 0.357 e. The van der Waals surface area contributed by atoms with Crippen LogP contribution in [-0.2, 0) is 14.3 Å². The molecule has 0 saturated carbocycles. The highest BCUT2D eigenvalue weighted by molar-refractivity contribution is 7.09. The molecule has 8 heteroatoms. The summed E-state index contributed by atoms with van der Waals surface area (Å²) >= 11 is 1.38. The van der Waals surface area contributed by atoms with Crippen LogP contribution < -0.4 is 0 Å². The average molecular weight is 499 g/mol. The van der Waals surface area contributed by atoms with Crippen LogP contribution in [0.4, 0.5) is 0 Å². The molecule has 0 aliphatic heterocycles. The highest BCUT2D eigenvalue weighted by Crippen LogP contribution is 2.31. The first-order valence-electron chi connectivity index (χ1n) is 13.0. The maximum absolute atomic E-state index is 13.2. The van der Waals surface area contributed by atoms with Gasteiger partial charge in [-0.3, -0.25) is 4.79 Å². The molecule has 34 heavy (non-hydrogen) atoms. The second-order valence-corrected chi connectivity index (χ2v) is 9.92. The zero-order chi connectivity index (χ0) is 25.3. The van der Waals surface area contributed by atoms with Gasteiger partial charge in [0, 0.05) is 44.0 Å². The summed E-state index contributed by atoms with van der Waals surface area (Å²) < 4.78 is 11.2. The van der Waals surface area contributed by atoms with Gasteiger partial charge in [-0.15, -0.1) is 11.3 Å². The predicted octanol–water partition coefficient (Wildman–Crippen LogP) is 5.77. The number of hydrogen-bond donors (Lipinski definition) is 1. The summed E-state index contributed by atoms with van der Waals surface area (Å²) in [5.41, 5.74) is 0.286. The minimum Gasteiger partial charge on any atom is -0.461 e. The van der Waals surface area contributed by atoms with E-state index < -0.39 is 5.97 Å². The largest absolute Gasteiger partial charge is 0.461 e. The van der Waals surface area contributed by atoms with Gasteiger partial charge in [-0.1, -0.05) is 53.4 Å². The third-order valence-electron chi connectivity index (χ3n) is 5.85. The van der Waals surface area contributed by atoms with Crippen molar-refractivity contribution in [2.45, 2.75) is 105 Å². The number of unbranched alkanes of at least 4 members (excludes halogenated alkanes) is 4. The lowest BCUT2D eigenvalue weighted by Crippen LogP contribution is -2.45. The SMILES string of the molecule is CCCCCCN(C(=O)CCCC)C(CC(OCCCO)c1nc(C(=O)OCC)cs1)C(C)C. The van der Waals surface area contributed by atoms with Crippen molar-refractivity contribution in [3.8, 4) is 0 Å². The van der Waals surface area contributed by atoms with Gasteiger partial charge in [-0.05, 0) is 32.1 Å². The molecule has 1 amide bonds. The molecule has 0 aliphatic rings. The summed E-state index contributed by atoms with van der Waals surface area (Å²) in [5.74, 6) is 0.00880. The van der Waals surface area contributed by atoms with Crippen LogP contribution in [-0.4, -0.2) is 59.3 Å². The normalized spacial score (nSPS) is 13.1. The molecule has 0 aliphatic carbocycles. The highest BCUT2D eigenvalue weighted by Gasteiger charge is 2.31. The van der Waals surface area contributed by atoms with E-state index in [1.807, 2.05) is 0 Å². The number of amides is 1. The summed E-state index contributed by atoms with van der Waals surface area (Å²) in [5, 5.41) is 11.6. The highest BCUT2D eigenvalue weighted by atomic mass is 32.1. The molecule has 1 rings (SSSR count). The van der Waals surface area contributed by atoms with Crippen molar-refractivity contribution in [2.75, 3.05) is 26.4 Å².